The van der Waals surface area contributed by atoms with Crippen molar-refractivity contribution < 1.29 is 4.39 Å². The molecule has 1 aromatic carbocycles. The highest BCUT2D eigenvalue weighted by molar-refractivity contribution is 5.85. The van der Waals surface area contributed by atoms with Crippen molar-refractivity contribution in [2.24, 2.45) is 7.05 Å². The Labute approximate surface area is 186 Å². The second-order valence-electron chi connectivity index (χ2n) is 7.06. The van der Waals surface area contributed by atoms with Crippen molar-refractivity contribution in [1.29, 1.82) is 0 Å². The first-order chi connectivity index (χ1) is 14.5. The summed E-state index contributed by atoms with van der Waals surface area (Å²) >= 11 is 0. The third-order valence-corrected chi connectivity index (χ3v) is 4.96. The molecule has 0 aliphatic carbocycles. The molecule has 0 unspecified atom stereocenters. The molecule has 0 spiro atoms. The van der Waals surface area contributed by atoms with Crippen LogP contribution in [0.15, 0.2) is 67.4 Å². The summed E-state index contributed by atoms with van der Waals surface area (Å²) in [6.07, 6.45) is 8.65. The molecule has 9 heteroatoms. The highest BCUT2D eigenvalue weighted by Crippen LogP contribution is 2.30. The number of hydrogen-bond donors (Lipinski definition) is 1. The van der Waals surface area contributed by atoms with Crippen LogP contribution in [0.25, 0.3) is 11.1 Å². The third kappa shape index (κ3) is 5.16. The number of rotatable bonds is 6. The van der Waals surface area contributed by atoms with Crippen molar-refractivity contribution in [2.45, 2.75) is 13.0 Å². The number of halogens is 2. The molecule has 3 aromatic heterocycles. The van der Waals surface area contributed by atoms with Crippen LogP contribution in [0.1, 0.15) is 18.5 Å². The summed E-state index contributed by atoms with van der Waals surface area (Å²) < 4.78 is 15.1. The fraction of sp³-hybridized carbons (Fsp3) is 0.182. The van der Waals surface area contributed by atoms with Crippen molar-refractivity contribution in [3.05, 3.63) is 78.8 Å². The van der Waals surface area contributed by atoms with Gasteiger partial charge in [-0.2, -0.15) is 5.10 Å². The molecule has 0 saturated heterocycles. The van der Waals surface area contributed by atoms with E-state index in [0.717, 1.165) is 22.5 Å². The molecule has 0 radical (unpaired) electrons. The third-order valence-electron chi connectivity index (χ3n) is 4.96. The van der Waals surface area contributed by atoms with Gasteiger partial charge in [-0.25, -0.2) is 14.4 Å². The highest BCUT2D eigenvalue weighted by atomic mass is 35.5. The molecule has 4 aromatic rings. The minimum Gasteiger partial charge on any atom is -0.353 e. The molecular formula is C22H23ClFN7. The van der Waals surface area contributed by atoms with E-state index in [1.807, 2.05) is 38.6 Å². The number of anilines is 3. The molecule has 1 atom stereocenters. The summed E-state index contributed by atoms with van der Waals surface area (Å²) in [6.45, 7) is 2.06. The van der Waals surface area contributed by atoms with E-state index < -0.39 is 0 Å². The van der Waals surface area contributed by atoms with Gasteiger partial charge in [-0.1, -0.05) is 12.1 Å². The van der Waals surface area contributed by atoms with E-state index >= 15 is 0 Å². The standard InChI is InChI=1S/C22H22FN7.ClH/c1-15(16-4-6-19(23)7-5-16)30(3)22-11-17(18-12-26-29(2)14-18)10-20(28-22)27-21-13-24-8-9-25-21;/h4-15H,1-3H3,(H,25,27,28);1H/t15-;/m0./s1. The molecule has 0 aliphatic rings. The van der Waals surface area contributed by atoms with Gasteiger partial charge < -0.3 is 10.2 Å². The Morgan fingerprint density at radius 1 is 1.03 bits per heavy atom. The van der Waals surface area contributed by atoms with Crippen LogP contribution in [-0.4, -0.2) is 31.8 Å². The molecule has 0 saturated carbocycles. The fourth-order valence-corrected chi connectivity index (χ4v) is 3.16. The summed E-state index contributed by atoms with van der Waals surface area (Å²) in [7, 11) is 3.85. The van der Waals surface area contributed by atoms with E-state index in [4.69, 9.17) is 4.98 Å². The smallest absolute Gasteiger partial charge is 0.150 e. The summed E-state index contributed by atoms with van der Waals surface area (Å²) in [5.41, 5.74) is 2.94. The van der Waals surface area contributed by atoms with E-state index in [1.165, 1.54) is 12.1 Å². The first-order valence-electron chi connectivity index (χ1n) is 9.52. The van der Waals surface area contributed by atoms with E-state index in [1.54, 1.807) is 35.4 Å². The van der Waals surface area contributed by atoms with Crippen LogP contribution < -0.4 is 10.2 Å². The van der Waals surface area contributed by atoms with Gasteiger partial charge in [0.05, 0.1) is 18.4 Å². The van der Waals surface area contributed by atoms with Gasteiger partial charge in [0.1, 0.15) is 23.3 Å². The molecular weight excluding hydrogens is 417 g/mol. The quantitative estimate of drug-likeness (QED) is 0.466. The maximum absolute atomic E-state index is 13.3. The average molecular weight is 440 g/mol. The van der Waals surface area contributed by atoms with Crippen LogP contribution >= 0.6 is 12.4 Å². The molecule has 4 rings (SSSR count). The summed E-state index contributed by atoms with van der Waals surface area (Å²) in [6, 6.07) is 10.5. The van der Waals surface area contributed by atoms with Gasteiger partial charge in [-0.3, -0.25) is 9.67 Å². The highest BCUT2D eigenvalue weighted by Gasteiger charge is 2.16. The van der Waals surface area contributed by atoms with Gasteiger partial charge in [-0.15, -0.1) is 12.4 Å². The van der Waals surface area contributed by atoms with Crippen molar-refractivity contribution in [3.8, 4) is 11.1 Å². The van der Waals surface area contributed by atoms with Gasteiger partial charge in [0.25, 0.3) is 0 Å². The monoisotopic (exact) mass is 439 g/mol. The lowest BCUT2D eigenvalue weighted by molar-refractivity contribution is 0.625. The Kier molecular flexibility index (Phi) is 6.81. The lowest BCUT2D eigenvalue weighted by Gasteiger charge is -2.27. The molecule has 0 aliphatic heterocycles. The SMILES string of the molecule is C[C@@H](c1ccc(F)cc1)N(C)c1cc(-c2cnn(C)c2)cc(Nc2cnccn2)n1.Cl. The van der Waals surface area contributed by atoms with Crippen molar-refractivity contribution in [2.75, 3.05) is 17.3 Å². The van der Waals surface area contributed by atoms with Crippen LogP contribution in [-0.2, 0) is 7.05 Å². The number of nitrogens with zero attached hydrogens (tertiary/aromatic N) is 6. The van der Waals surface area contributed by atoms with Crippen LogP contribution in [0.3, 0.4) is 0 Å². The molecule has 1 N–H and O–H groups in total. The maximum atomic E-state index is 13.3. The zero-order chi connectivity index (χ0) is 21.1. The average Bonchev–Trinajstić information content (AvgIpc) is 3.20. The second kappa shape index (κ2) is 9.53. The number of benzene rings is 1. The van der Waals surface area contributed by atoms with Crippen molar-refractivity contribution in [3.63, 3.8) is 0 Å². The first-order valence-corrected chi connectivity index (χ1v) is 9.52. The van der Waals surface area contributed by atoms with E-state index in [0.29, 0.717) is 11.6 Å². The predicted molar refractivity (Wildman–Crippen MR) is 122 cm³/mol. The second-order valence-corrected chi connectivity index (χ2v) is 7.06. The lowest BCUT2D eigenvalue weighted by atomic mass is 10.1. The Hall–Kier alpha value is -3.52. The van der Waals surface area contributed by atoms with Crippen LogP contribution in [0.5, 0.6) is 0 Å². The van der Waals surface area contributed by atoms with Gasteiger partial charge in [0.15, 0.2) is 0 Å². The Balaban J connectivity index is 0.00000272. The maximum Gasteiger partial charge on any atom is 0.150 e. The predicted octanol–water partition coefficient (Wildman–Crippen LogP) is 4.77. The topological polar surface area (TPSA) is 71.8 Å². The van der Waals surface area contributed by atoms with Crippen LogP contribution in [0, 0.1) is 5.82 Å². The number of nitrogens with one attached hydrogen (secondary N) is 1. The fourth-order valence-electron chi connectivity index (χ4n) is 3.16. The van der Waals surface area contributed by atoms with Crippen molar-refractivity contribution in [1.82, 2.24) is 24.7 Å². The summed E-state index contributed by atoms with van der Waals surface area (Å²) in [4.78, 5) is 15.2. The minimum atomic E-state index is -0.249. The molecule has 7 nitrogen and oxygen atoms in total. The Morgan fingerprint density at radius 3 is 2.45 bits per heavy atom. The van der Waals surface area contributed by atoms with Crippen molar-refractivity contribution >= 4 is 29.9 Å². The first kappa shape index (κ1) is 22.2. The normalized spacial score (nSPS) is 11.5. The number of pyridine rings is 1. The van der Waals surface area contributed by atoms with Gasteiger partial charge in [0.2, 0.25) is 0 Å². The lowest BCUT2D eigenvalue weighted by Crippen LogP contribution is -2.23. The van der Waals surface area contributed by atoms with E-state index in [9.17, 15) is 4.39 Å². The summed E-state index contributed by atoms with van der Waals surface area (Å²) in [5, 5.41) is 7.49. The molecule has 0 fully saturated rings. The molecule has 3 heterocycles. The van der Waals surface area contributed by atoms with Gasteiger partial charge in [0, 0.05) is 38.2 Å². The van der Waals surface area contributed by atoms with Gasteiger partial charge in [-0.05, 0) is 42.3 Å². The van der Waals surface area contributed by atoms with Crippen LogP contribution in [0.4, 0.5) is 21.8 Å². The van der Waals surface area contributed by atoms with Crippen LogP contribution in [0.2, 0.25) is 0 Å². The molecule has 0 amide bonds. The van der Waals surface area contributed by atoms with E-state index in [2.05, 4.69) is 32.2 Å². The molecule has 0 bridgehead atoms. The number of aromatic nitrogens is 5. The Morgan fingerprint density at radius 2 is 1.81 bits per heavy atom. The van der Waals surface area contributed by atoms with Gasteiger partial charge >= 0.3 is 0 Å². The number of hydrogen-bond acceptors (Lipinski definition) is 6. The number of aryl methyl sites for hydroxylation is 1. The minimum absolute atomic E-state index is 0. The van der Waals surface area contributed by atoms with E-state index in [-0.39, 0.29) is 24.3 Å². The summed E-state index contributed by atoms with van der Waals surface area (Å²) in [5.74, 6) is 1.76. The zero-order valence-corrected chi connectivity index (χ0v) is 18.2. The molecule has 160 valence electrons. The zero-order valence-electron chi connectivity index (χ0n) is 17.4. The Bertz CT molecular complexity index is 1130. The largest absolute Gasteiger partial charge is 0.353 e. The molecule has 31 heavy (non-hydrogen) atoms.